The number of aryl methyl sites for hydroxylation is 1. The van der Waals surface area contributed by atoms with Gasteiger partial charge in [0.15, 0.2) is 0 Å². The predicted octanol–water partition coefficient (Wildman–Crippen LogP) is 2.61. The molecule has 0 spiro atoms. The SMILES string of the molecule is Cc1cc(CN(C)C2CCNC2)sc1Br. The fourth-order valence-electron chi connectivity index (χ4n) is 1.99. The lowest BCUT2D eigenvalue weighted by atomic mass is 10.2. The van der Waals surface area contributed by atoms with Crippen LogP contribution in [0.1, 0.15) is 16.9 Å². The van der Waals surface area contributed by atoms with Gasteiger partial charge in [0.05, 0.1) is 3.79 Å². The molecule has 2 heterocycles. The average molecular weight is 289 g/mol. The molecule has 15 heavy (non-hydrogen) atoms. The molecule has 1 aliphatic heterocycles. The lowest BCUT2D eigenvalue weighted by Gasteiger charge is -2.22. The molecule has 1 aromatic rings. The summed E-state index contributed by atoms with van der Waals surface area (Å²) in [4.78, 5) is 3.91. The number of hydrogen-bond donors (Lipinski definition) is 1. The molecule has 2 rings (SSSR count). The van der Waals surface area contributed by atoms with Crippen LogP contribution in [-0.2, 0) is 6.54 Å². The fraction of sp³-hybridized carbons (Fsp3) is 0.636. The number of rotatable bonds is 3. The number of hydrogen-bond acceptors (Lipinski definition) is 3. The molecule has 1 unspecified atom stereocenters. The molecular weight excluding hydrogens is 272 g/mol. The first-order valence-corrected chi connectivity index (χ1v) is 6.93. The monoisotopic (exact) mass is 288 g/mol. The number of thiophene rings is 1. The summed E-state index contributed by atoms with van der Waals surface area (Å²) < 4.78 is 1.27. The third kappa shape index (κ3) is 2.81. The highest BCUT2D eigenvalue weighted by Crippen LogP contribution is 2.28. The van der Waals surface area contributed by atoms with Gasteiger partial charge in [-0.15, -0.1) is 11.3 Å². The Kier molecular flexibility index (Phi) is 3.83. The summed E-state index contributed by atoms with van der Waals surface area (Å²) in [5.41, 5.74) is 1.35. The van der Waals surface area contributed by atoms with Crippen LogP contribution in [0.5, 0.6) is 0 Å². The largest absolute Gasteiger partial charge is 0.315 e. The highest BCUT2D eigenvalue weighted by atomic mass is 79.9. The Hall–Kier alpha value is 0.100. The summed E-state index contributed by atoms with van der Waals surface area (Å²) in [6.07, 6.45) is 1.28. The minimum Gasteiger partial charge on any atom is -0.315 e. The Balaban J connectivity index is 1.95. The first-order valence-electron chi connectivity index (χ1n) is 5.32. The van der Waals surface area contributed by atoms with Crippen LogP contribution in [0.15, 0.2) is 9.85 Å². The topological polar surface area (TPSA) is 15.3 Å². The van der Waals surface area contributed by atoms with Gasteiger partial charge >= 0.3 is 0 Å². The number of halogens is 1. The molecule has 0 bridgehead atoms. The van der Waals surface area contributed by atoms with E-state index in [1.807, 2.05) is 11.3 Å². The second-order valence-corrected chi connectivity index (χ2v) is 6.69. The molecule has 1 N–H and O–H groups in total. The van der Waals surface area contributed by atoms with Crippen LogP contribution >= 0.6 is 27.3 Å². The van der Waals surface area contributed by atoms with Crippen molar-refractivity contribution in [3.05, 3.63) is 20.3 Å². The van der Waals surface area contributed by atoms with Crippen LogP contribution in [0, 0.1) is 6.92 Å². The maximum absolute atomic E-state index is 3.58. The highest BCUT2D eigenvalue weighted by Gasteiger charge is 2.19. The van der Waals surface area contributed by atoms with Crippen molar-refractivity contribution in [1.82, 2.24) is 10.2 Å². The number of likely N-dealkylation sites (N-methyl/N-ethyl adjacent to an activating group) is 1. The standard InChI is InChI=1S/C11H17BrN2S/c1-8-5-10(15-11(8)12)7-14(2)9-3-4-13-6-9/h5,9,13H,3-4,6-7H2,1-2H3. The second kappa shape index (κ2) is 4.95. The highest BCUT2D eigenvalue weighted by molar-refractivity contribution is 9.11. The van der Waals surface area contributed by atoms with Crippen molar-refractivity contribution in [2.75, 3.05) is 20.1 Å². The molecule has 0 radical (unpaired) electrons. The predicted molar refractivity (Wildman–Crippen MR) is 69.5 cm³/mol. The summed E-state index contributed by atoms with van der Waals surface area (Å²) in [6, 6.07) is 3.00. The van der Waals surface area contributed by atoms with Gasteiger partial charge in [-0.1, -0.05) is 0 Å². The van der Waals surface area contributed by atoms with Gasteiger partial charge in [0.2, 0.25) is 0 Å². The third-order valence-corrected chi connectivity index (χ3v) is 5.09. The first kappa shape index (κ1) is 11.6. The van der Waals surface area contributed by atoms with E-state index in [9.17, 15) is 0 Å². The van der Waals surface area contributed by atoms with Crippen LogP contribution < -0.4 is 5.32 Å². The van der Waals surface area contributed by atoms with Gasteiger partial charge in [0.25, 0.3) is 0 Å². The fourth-order valence-corrected chi connectivity index (χ4v) is 3.68. The van der Waals surface area contributed by atoms with E-state index >= 15 is 0 Å². The molecule has 1 fully saturated rings. The van der Waals surface area contributed by atoms with Crippen molar-refractivity contribution >= 4 is 27.3 Å². The van der Waals surface area contributed by atoms with Gasteiger partial charge in [-0.25, -0.2) is 0 Å². The molecule has 84 valence electrons. The molecule has 2 nitrogen and oxygen atoms in total. The van der Waals surface area contributed by atoms with E-state index < -0.39 is 0 Å². The van der Waals surface area contributed by atoms with E-state index in [4.69, 9.17) is 0 Å². The molecule has 1 aliphatic rings. The van der Waals surface area contributed by atoms with Crippen molar-refractivity contribution in [3.8, 4) is 0 Å². The lowest BCUT2D eigenvalue weighted by Crippen LogP contribution is -2.32. The molecule has 0 aromatic carbocycles. The van der Waals surface area contributed by atoms with E-state index in [0.717, 1.165) is 13.1 Å². The van der Waals surface area contributed by atoms with E-state index in [-0.39, 0.29) is 0 Å². The summed E-state index contributed by atoms with van der Waals surface area (Å²) in [5, 5.41) is 3.41. The molecule has 0 amide bonds. The van der Waals surface area contributed by atoms with E-state index in [1.165, 1.54) is 27.2 Å². The molecule has 4 heteroatoms. The lowest BCUT2D eigenvalue weighted by molar-refractivity contribution is 0.251. The van der Waals surface area contributed by atoms with Crippen molar-refractivity contribution in [2.24, 2.45) is 0 Å². The van der Waals surface area contributed by atoms with Crippen molar-refractivity contribution in [1.29, 1.82) is 0 Å². The van der Waals surface area contributed by atoms with E-state index in [1.54, 1.807) is 0 Å². The van der Waals surface area contributed by atoms with Gasteiger partial charge in [0.1, 0.15) is 0 Å². The molecule has 1 aromatic heterocycles. The van der Waals surface area contributed by atoms with Crippen LogP contribution in [0.25, 0.3) is 0 Å². The van der Waals surface area contributed by atoms with Gasteiger partial charge in [-0.05, 0) is 54.5 Å². The Morgan fingerprint density at radius 3 is 3.00 bits per heavy atom. The Labute approximate surface area is 104 Å². The zero-order valence-corrected chi connectivity index (χ0v) is 11.6. The van der Waals surface area contributed by atoms with Gasteiger partial charge in [-0.2, -0.15) is 0 Å². The molecule has 0 aliphatic carbocycles. The quantitative estimate of drug-likeness (QED) is 0.920. The summed E-state index contributed by atoms with van der Waals surface area (Å²) in [6.45, 7) is 5.54. The molecule has 1 atom stereocenters. The molecular formula is C11H17BrN2S. The van der Waals surface area contributed by atoms with Gasteiger partial charge < -0.3 is 5.32 Å². The smallest absolute Gasteiger partial charge is 0.0730 e. The van der Waals surface area contributed by atoms with Crippen LogP contribution in [0.3, 0.4) is 0 Å². The molecule has 0 saturated carbocycles. The van der Waals surface area contributed by atoms with Gasteiger partial charge in [0, 0.05) is 24.0 Å². The Morgan fingerprint density at radius 1 is 1.67 bits per heavy atom. The normalized spacial score (nSPS) is 21.5. The first-order chi connectivity index (χ1) is 7.16. The van der Waals surface area contributed by atoms with Gasteiger partial charge in [-0.3, -0.25) is 4.90 Å². The summed E-state index contributed by atoms with van der Waals surface area (Å²) in [5.74, 6) is 0. The number of nitrogens with zero attached hydrogens (tertiary/aromatic N) is 1. The zero-order chi connectivity index (χ0) is 10.8. The van der Waals surface area contributed by atoms with E-state index in [0.29, 0.717) is 6.04 Å². The maximum atomic E-state index is 3.58. The van der Waals surface area contributed by atoms with Crippen molar-refractivity contribution in [2.45, 2.75) is 25.9 Å². The van der Waals surface area contributed by atoms with Crippen molar-refractivity contribution in [3.63, 3.8) is 0 Å². The van der Waals surface area contributed by atoms with Crippen LogP contribution in [0.4, 0.5) is 0 Å². The average Bonchev–Trinajstić information content (AvgIpc) is 2.77. The Bertz CT molecular complexity index is 312. The summed E-state index contributed by atoms with van der Waals surface area (Å²) >= 11 is 5.43. The number of nitrogens with one attached hydrogen (secondary N) is 1. The zero-order valence-electron chi connectivity index (χ0n) is 9.22. The minimum atomic E-state index is 0.714. The van der Waals surface area contributed by atoms with Crippen molar-refractivity contribution < 1.29 is 0 Å². The Morgan fingerprint density at radius 2 is 2.47 bits per heavy atom. The second-order valence-electron chi connectivity index (χ2n) is 4.23. The van der Waals surface area contributed by atoms with Crippen LogP contribution in [0.2, 0.25) is 0 Å². The van der Waals surface area contributed by atoms with E-state index in [2.05, 4.69) is 46.2 Å². The maximum Gasteiger partial charge on any atom is 0.0730 e. The van der Waals surface area contributed by atoms with Crippen LogP contribution in [-0.4, -0.2) is 31.1 Å². The summed E-state index contributed by atoms with van der Waals surface area (Å²) in [7, 11) is 2.22. The molecule has 1 saturated heterocycles. The third-order valence-electron chi connectivity index (χ3n) is 2.97. The minimum absolute atomic E-state index is 0.714.